The Balaban J connectivity index is 1.33. The molecule has 1 aliphatic rings. The van der Waals surface area contributed by atoms with Crippen LogP contribution in [-0.4, -0.2) is 42.5 Å². The fourth-order valence-electron chi connectivity index (χ4n) is 4.37. The molecule has 1 heterocycles. The normalized spacial score (nSPS) is 14.3. The summed E-state index contributed by atoms with van der Waals surface area (Å²) in [6.07, 6.45) is 7.13. The fourth-order valence-corrected chi connectivity index (χ4v) is 4.54. The van der Waals surface area contributed by atoms with Crippen LogP contribution in [0.3, 0.4) is 0 Å². The van der Waals surface area contributed by atoms with E-state index in [-0.39, 0.29) is 11.8 Å². The highest BCUT2D eigenvalue weighted by Gasteiger charge is 2.40. The number of nitrogens with one attached hydrogen (secondary N) is 3. The summed E-state index contributed by atoms with van der Waals surface area (Å²) in [5.74, 6) is 1.41. The van der Waals surface area contributed by atoms with Crippen molar-refractivity contribution in [3.05, 3.63) is 77.6 Å². The highest BCUT2D eigenvalue weighted by atomic mass is 35.5. The first-order valence-electron chi connectivity index (χ1n) is 12.3. The second-order valence-electron chi connectivity index (χ2n) is 8.97. The van der Waals surface area contributed by atoms with E-state index in [0.717, 1.165) is 30.7 Å². The molecule has 0 atom stereocenters. The number of hydrogen-bond donors (Lipinski definition) is 3. The van der Waals surface area contributed by atoms with Crippen molar-refractivity contribution in [2.75, 3.05) is 25.5 Å². The first kappa shape index (κ1) is 26.3. The van der Waals surface area contributed by atoms with Crippen molar-refractivity contribution in [3.8, 4) is 17.2 Å². The van der Waals surface area contributed by atoms with Gasteiger partial charge in [-0.2, -0.15) is 0 Å². The first-order valence-corrected chi connectivity index (χ1v) is 12.7. The lowest BCUT2D eigenvalue weighted by atomic mass is 9.80. The minimum absolute atomic E-state index is 0.148. The van der Waals surface area contributed by atoms with E-state index in [0.29, 0.717) is 48.0 Å². The smallest absolute Gasteiger partial charge is 0.252 e. The molecule has 1 aromatic heterocycles. The van der Waals surface area contributed by atoms with E-state index in [1.54, 1.807) is 43.6 Å². The molecule has 0 bridgehead atoms. The highest BCUT2D eigenvalue weighted by Crippen LogP contribution is 2.29. The number of ether oxygens (including phenoxy) is 2. The number of pyridine rings is 1. The molecular formula is C28H31ClN4O4. The van der Waals surface area contributed by atoms with Gasteiger partial charge in [-0.05, 0) is 61.4 Å². The molecular weight excluding hydrogens is 492 g/mol. The Morgan fingerprint density at radius 3 is 2.30 bits per heavy atom. The third-order valence-electron chi connectivity index (χ3n) is 6.36. The lowest BCUT2D eigenvalue weighted by Gasteiger charge is -2.36. The van der Waals surface area contributed by atoms with Gasteiger partial charge in [0, 0.05) is 36.6 Å². The van der Waals surface area contributed by atoms with Crippen molar-refractivity contribution in [2.24, 2.45) is 0 Å². The summed E-state index contributed by atoms with van der Waals surface area (Å²) in [7, 11) is 1.63. The van der Waals surface area contributed by atoms with Crippen LogP contribution in [-0.2, 0) is 4.79 Å². The number of benzene rings is 2. The molecule has 0 unspecified atom stereocenters. The minimum atomic E-state index is -0.920. The summed E-state index contributed by atoms with van der Waals surface area (Å²) in [5, 5.41) is 9.80. The Morgan fingerprint density at radius 2 is 1.62 bits per heavy atom. The van der Waals surface area contributed by atoms with Gasteiger partial charge in [0.1, 0.15) is 22.8 Å². The van der Waals surface area contributed by atoms with Gasteiger partial charge in [0.15, 0.2) is 0 Å². The lowest BCUT2D eigenvalue weighted by Crippen LogP contribution is -2.60. The van der Waals surface area contributed by atoms with Crippen molar-refractivity contribution in [2.45, 2.75) is 37.6 Å². The molecule has 0 spiro atoms. The average Bonchev–Trinajstić information content (AvgIpc) is 2.92. The van der Waals surface area contributed by atoms with Gasteiger partial charge in [-0.25, -0.2) is 0 Å². The minimum Gasteiger partial charge on any atom is -0.497 e. The zero-order valence-corrected chi connectivity index (χ0v) is 21.5. The van der Waals surface area contributed by atoms with Gasteiger partial charge in [0.2, 0.25) is 5.91 Å². The maximum Gasteiger partial charge on any atom is 0.252 e. The SMILES string of the molecule is COc1ccc(NCCNC(=O)C2(NC(=O)c3ccc(Oc4cncc(Cl)c4)cc3)CCCCC2)cc1. The van der Waals surface area contributed by atoms with Crippen LogP contribution in [0.15, 0.2) is 67.0 Å². The van der Waals surface area contributed by atoms with Crippen LogP contribution in [0.25, 0.3) is 0 Å². The maximum atomic E-state index is 13.3. The van der Waals surface area contributed by atoms with Crippen LogP contribution in [0, 0.1) is 0 Å². The summed E-state index contributed by atoms with van der Waals surface area (Å²) in [4.78, 5) is 30.4. The molecule has 0 saturated heterocycles. The highest BCUT2D eigenvalue weighted by molar-refractivity contribution is 6.30. The molecule has 194 valence electrons. The van der Waals surface area contributed by atoms with Crippen LogP contribution < -0.4 is 25.4 Å². The molecule has 0 aliphatic heterocycles. The van der Waals surface area contributed by atoms with Crippen molar-refractivity contribution in [1.29, 1.82) is 0 Å². The number of carbonyl (C=O) groups is 2. The first-order chi connectivity index (χ1) is 18.0. The number of methoxy groups -OCH3 is 1. The largest absolute Gasteiger partial charge is 0.497 e. The quantitative estimate of drug-likeness (QED) is 0.316. The summed E-state index contributed by atoms with van der Waals surface area (Å²) in [5.41, 5.74) is 0.474. The van der Waals surface area contributed by atoms with Gasteiger partial charge in [-0.3, -0.25) is 14.6 Å². The second-order valence-corrected chi connectivity index (χ2v) is 9.41. The number of halogens is 1. The van der Waals surface area contributed by atoms with Crippen molar-refractivity contribution in [1.82, 2.24) is 15.6 Å². The van der Waals surface area contributed by atoms with Crippen molar-refractivity contribution in [3.63, 3.8) is 0 Å². The molecule has 4 rings (SSSR count). The molecule has 3 N–H and O–H groups in total. The number of nitrogens with zero attached hydrogens (tertiary/aromatic N) is 1. The number of carbonyl (C=O) groups excluding carboxylic acids is 2. The molecule has 0 radical (unpaired) electrons. The van der Waals surface area contributed by atoms with Gasteiger partial charge < -0.3 is 25.4 Å². The summed E-state index contributed by atoms with van der Waals surface area (Å²) < 4.78 is 10.9. The summed E-state index contributed by atoms with van der Waals surface area (Å²) >= 11 is 5.95. The van der Waals surface area contributed by atoms with Crippen LogP contribution >= 0.6 is 11.6 Å². The van der Waals surface area contributed by atoms with Gasteiger partial charge >= 0.3 is 0 Å². The fraction of sp³-hybridized carbons (Fsp3) is 0.321. The third-order valence-corrected chi connectivity index (χ3v) is 6.56. The molecule has 1 saturated carbocycles. The molecule has 1 aliphatic carbocycles. The Bertz CT molecular complexity index is 1200. The van der Waals surface area contributed by atoms with Crippen LogP contribution in [0.2, 0.25) is 5.02 Å². The van der Waals surface area contributed by atoms with Gasteiger partial charge in [-0.15, -0.1) is 0 Å². The molecule has 2 aromatic carbocycles. The maximum absolute atomic E-state index is 13.3. The van der Waals surface area contributed by atoms with Crippen molar-refractivity contribution < 1.29 is 19.1 Å². The lowest BCUT2D eigenvalue weighted by molar-refractivity contribution is -0.128. The second kappa shape index (κ2) is 12.5. The summed E-state index contributed by atoms with van der Waals surface area (Å²) in [6, 6.07) is 16.0. The predicted molar refractivity (Wildman–Crippen MR) is 144 cm³/mol. The van der Waals surface area contributed by atoms with Crippen LogP contribution in [0.4, 0.5) is 5.69 Å². The average molecular weight is 523 g/mol. The van der Waals surface area contributed by atoms with E-state index in [1.807, 2.05) is 24.3 Å². The molecule has 8 nitrogen and oxygen atoms in total. The van der Waals surface area contributed by atoms with E-state index < -0.39 is 5.54 Å². The molecule has 3 aromatic rings. The standard InChI is InChI=1S/C28H31ClN4O4/c1-36-23-11-7-22(8-12-23)31-15-16-32-27(35)28(13-3-2-4-14-28)33-26(34)20-5-9-24(10-6-20)37-25-17-21(29)18-30-19-25/h5-12,17-19,31H,2-4,13-16H2,1H3,(H,32,35)(H,33,34). The number of rotatable bonds is 10. The Morgan fingerprint density at radius 1 is 0.919 bits per heavy atom. The topological polar surface area (TPSA) is 102 Å². The number of amides is 2. The molecule has 37 heavy (non-hydrogen) atoms. The van der Waals surface area contributed by atoms with E-state index in [9.17, 15) is 9.59 Å². The van der Waals surface area contributed by atoms with E-state index in [4.69, 9.17) is 21.1 Å². The molecule has 9 heteroatoms. The summed E-state index contributed by atoms with van der Waals surface area (Å²) in [6.45, 7) is 0.999. The van der Waals surface area contributed by atoms with Gasteiger partial charge in [-0.1, -0.05) is 30.9 Å². The third kappa shape index (κ3) is 7.13. The zero-order valence-electron chi connectivity index (χ0n) is 20.8. The Hall–Kier alpha value is -3.78. The van der Waals surface area contributed by atoms with E-state index in [1.165, 1.54) is 6.20 Å². The van der Waals surface area contributed by atoms with Crippen molar-refractivity contribution >= 4 is 29.1 Å². The Kier molecular flexibility index (Phi) is 8.85. The van der Waals surface area contributed by atoms with E-state index >= 15 is 0 Å². The van der Waals surface area contributed by atoms with Crippen LogP contribution in [0.1, 0.15) is 42.5 Å². The monoisotopic (exact) mass is 522 g/mol. The van der Waals surface area contributed by atoms with Gasteiger partial charge in [0.05, 0.1) is 18.3 Å². The number of aromatic nitrogens is 1. The number of hydrogen-bond acceptors (Lipinski definition) is 6. The number of anilines is 1. The van der Waals surface area contributed by atoms with E-state index in [2.05, 4.69) is 20.9 Å². The van der Waals surface area contributed by atoms with Crippen LogP contribution in [0.5, 0.6) is 17.2 Å². The van der Waals surface area contributed by atoms with Gasteiger partial charge in [0.25, 0.3) is 5.91 Å². The molecule has 2 amide bonds. The Labute approximate surface area is 221 Å². The zero-order chi connectivity index (χ0) is 26.1. The molecule has 1 fully saturated rings. The predicted octanol–water partition coefficient (Wildman–Crippen LogP) is 5.20.